The molecule has 1 aromatic heterocycles. The van der Waals surface area contributed by atoms with Crippen molar-refractivity contribution in [3.05, 3.63) is 72.6 Å². The molecule has 0 saturated carbocycles. The van der Waals surface area contributed by atoms with Gasteiger partial charge in [0.15, 0.2) is 0 Å². The molecule has 19 heavy (non-hydrogen) atoms. The minimum absolute atomic E-state index is 0.734. The molecule has 0 radical (unpaired) electrons. The van der Waals surface area contributed by atoms with Crippen LogP contribution >= 0.6 is 0 Å². The number of aromatic nitrogens is 2. The van der Waals surface area contributed by atoms with Crippen molar-refractivity contribution in [2.24, 2.45) is 0 Å². The van der Waals surface area contributed by atoms with Gasteiger partial charge in [-0.2, -0.15) is 5.10 Å². The van der Waals surface area contributed by atoms with Gasteiger partial charge in [0.2, 0.25) is 0 Å². The van der Waals surface area contributed by atoms with E-state index < -0.39 is 0 Å². The SMILES string of the molecule is Nc1cccc(Cn2cc(-c3ccccc3)cn2)c1. The van der Waals surface area contributed by atoms with E-state index in [4.69, 9.17) is 5.73 Å². The van der Waals surface area contributed by atoms with Crippen molar-refractivity contribution >= 4 is 5.69 Å². The maximum absolute atomic E-state index is 5.78. The highest BCUT2D eigenvalue weighted by Gasteiger charge is 2.02. The third-order valence-corrected chi connectivity index (χ3v) is 3.04. The van der Waals surface area contributed by atoms with E-state index in [0.29, 0.717) is 0 Å². The van der Waals surface area contributed by atoms with Crippen molar-refractivity contribution in [2.45, 2.75) is 6.54 Å². The molecule has 0 bridgehead atoms. The fraction of sp³-hybridized carbons (Fsp3) is 0.0625. The van der Waals surface area contributed by atoms with Crippen molar-refractivity contribution in [2.75, 3.05) is 5.73 Å². The van der Waals surface area contributed by atoms with E-state index in [2.05, 4.69) is 29.5 Å². The van der Waals surface area contributed by atoms with Crippen LogP contribution in [0.2, 0.25) is 0 Å². The summed E-state index contributed by atoms with van der Waals surface area (Å²) in [7, 11) is 0. The molecule has 0 unspecified atom stereocenters. The van der Waals surface area contributed by atoms with Gasteiger partial charge in [-0.1, -0.05) is 42.5 Å². The monoisotopic (exact) mass is 249 g/mol. The lowest BCUT2D eigenvalue weighted by Gasteiger charge is -2.02. The van der Waals surface area contributed by atoms with Gasteiger partial charge in [0.25, 0.3) is 0 Å². The van der Waals surface area contributed by atoms with Crippen LogP contribution < -0.4 is 5.73 Å². The van der Waals surface area contributed by atoms with Crippen LogP contribution in [0.25, 0.3) is 11.1 Å². The zero-order valence-electron chi connectivity index (χ0n) is 10.5. The van der Waals surface area contributed by atoms with Gasteiger partial charge in [0.1, 0.15) is 0 Å². The number of hydrogen-bond donors (Lipinski definition) is 1. The Hall–Kier alpha value is -2.55. The van der Waals surface area contributed by atoms with E-state index in [1.165, 1.54) is 5.56 Å². The van der Waals surface area contributed by atoms with Crippen LogP contribution in [0.5, 0.6) is 0 Å². The predicted molar refractivity (Wildman–Crippen MR) is 77.6 cm³/mol. The lowest BCUT2D eigenvalue weighted by atomic mass is 10.1. The normalized spacial score (nSPS) is 10.5. The highest BCUT2D eigenvalue weighted by Crippen LogP contribution is 2.18. The van der Waals surface area contributed by atoms with Crippen molar-refractivity contribution in [3.63, 3.8) is 0 Å². The minimum Gasteiger partial charge on any atom is -0.399 e. The van der Waals surface area contributed by atoms with E-state index in [9.17, 15) is 0 Å². The molecule has 0 fully saturated rings. The summed E-state index contributed by atoms with van der Waals surface area (Å²) >= 11 is 0. The smallest absolute Gasteiger partial charge is 0.0660 e. The molecular formula is C16H15N3. The van der Waals surface area contributed by atoms with E-state index in [-0.39, 0.29) is 0 Å². The molecule has 2 N–H and O–H groups in total. The number of hydrogen-bond acceptors (Lipinski definition) is 2. The summed E-state index contributed by atoms with van der Waals surface area (Å²) in [5.41, 5.74) is 10.0. The second-order valence-electron chi connectivity index (χ2n) is 4.54. The lowest BCUT2D eigenvalue weighted by molar-refractivity contribution is 0.687. The topological polar surface area (TPSA) is 43.8 Å². The first kappa shape index (κ1) is 11.5. The molecule has 0 spiro atoms. The third kappa shape index (κ3) is 2.65. The Labute approximate surface area is 112 Å². The molecule has 0 aliphatic heterocycles. The average molecular weight is 249 g/mol. The zero-order valence-corrected chi connectivity index (χ0v) is 10.5. The van der Waals surface area contributed by atoms with Crippen molar-refractivity contribution in [1.29, 1.82) is 0 Å². The van der Waals surface area contributed by atoms with Gasteiger partial charge in [-0.25, -0.2) is 0 Å². The number of anilines is 1. The summed E-state index contributed by atoms with van der Waals surface area (Å²) in [6.07, 6.45) is 3.94. The largest absolute Gasteiger partial charge is 0.399 e. The summed E-state index contributed by atoms with van der Waals surface area (Å²) in [6, 6.07) is 18.1. The van der Waals surface area contributed by atoms with Crippen LogP contribution in [0.1, 0.15) is 5.56 Å². The van der Waals surface area contributed by atoms with Crippen LogP contribution in [-0.4, -0.2) is 9.78 Å². The first-order valence-electron chi connectivity index (χ1n) is 6.23. The molecule has 0 aliphatic carbocycles. The summed E-state index contributed by atoms with van der Waals surface area (Å²) in [5, 5.41) is 4.39. The predicted octanol–water partition coefficient (Wildman–Crippen LogP) is 3.18. The van der Waals surface area contributed by atoms with Crippen molar-refractivity contribution < 1.29 is 0 Å². The lowest BCUT2D eigenvalue weighted by Crippen LogP contribution is -2.00. The number of nitrogens with zero attached hydrogens (tertiary/aromatic N) is 2. The van der Waals surface area contributed by atoms with Gasteiger partial charge in [0, 0.05) is 17.4 Å². The van der Waals surface area contributed by atoms with E-state index in [1.807, 2.05) is 47.3 Å². The van der Waals surface area contributed by atoms with E-state index >= 15 is 0 Å². The fourth-order valence-electron chi connectivity index (χ4n) is 2.11. The Bertz CT molecular complexity index is 671. The first-order valence-corrected chi connectivity index (χ1v) is 6.23. The first-order chi connectivity index (χ1) is 9.31. The Balaban J connectivity index is 1.82. The Morgan fingerprint density at radius 1 is 0.947 bits per heavy atom. The van der Waals surface area contributed by atoms with Crippen LogP contribution in [0, 0.1) is 0 Å². The number of nitrogen functional groups attached to an aromatic ring is 1. The zero-order chi connectivity index (χ0) is 13.1. The average Bonchev–Trinajstić information content (AvgIpc) is 2.88. The molecule has 1 heterocycles. The highest BCUT2D eigenvalue weighted by molar-refractivity contribution is 5.61. The second-order valence-corrected chi connectivity index (χ2v) is 4.54. The number of benzene rings is 2. The van der Waals surface area contributed by atoms with Crippen molar-refractivity contribution in [1.82, 2.24) is 9.78 Å². The number of nitrogens with two attached hydrogens (primary N) is 1. The van der Waals surface area contributed by atoms with Gasteiger partial charge in [0.05, 0.1) is 12.7 Å². The maximum atomic E-state index is 5.78. The third-order valence-electron chi connectivity index (χ3n) is 3.04. The fourth-order valence-corrected chi connectivity index (χ4v) is 2.11. The molecule has 2 aromatic carbocycles. The Kier molecular flexibility index (Phi) is 3.02. The minimum atomic E-state index is 0.734. The quantitative estimate of drug-likeness (QED) is 0.724. The molecule has 3 nitrogen and oxygen atoms in total. The van der Waals surface area contributed by atoms with E-state index in [1.54, 1.807) is 0 Å². The molecule has 0 amide bonds. The molecule has 0 saturated heterocycles. The Morgan fingerprint density at radius 2 is 1.79 bits per heavy atom. The van der Waals surface area contributed by atoms with Gasteiger partial charge in [-0.3, -0.25) is 4.68 Å². The standard InChI is InChI=1S/C16H15N3/c17-16-8-4-5-13(9-16)11-19-12-15(10-18-19)14-6-2-1-3-7-14/h1-10,12H,11,17H2. The second kappa shape index (κ2) is 4.98. The number of rotatable bonds is 3. The maximum Gasteiger partial charge on any atom is 0.0660 e. The van der Waals surface area contributed by atoms with Crippen LogP contribution in [0.4, 0.5) is 5.69 Å². The molecule has 3 rings (SSSR count). The molecule has 94 valence electrons. The van der Waals surface area contributed by atoms with Crippen LogP contribution in [0.15, 0.2) is 67.0 Å². The van der Waals surface area contributed by atoms with Gasteiger partial charge in [-0.15, -0.1) is 0 Å². The van der Waals surface area contributed by atoms with Crippen LogP contribution in [-0.2, 0) is 6.54 Å². The van der Waals surface area contributed by atoms with Crippen LogP contribution in [0.3, 0.4) is 0 Å². The Morgan fingerprint density at radius 3 is 2.58 bits per heavy atom. The molecule has 3 heteroatoms. The summed E-state index contributed by atoms with van der Waals surface area (Å²) < 4.78 is 1.93. The summed E-state index contributed by atoms with van der Waals surface area (Å²) in [4.78, 5) is 0. The van der Waals surface area contributed by atoms with Gasteiger partial charge < -0.3 is 5.73 Å². The summed E-state index contributed by atoms with van der Waals surface area (Å²) in [5.74, 6) is 0. The van der Waals surface area contributed by atoms with Gasteiger partial charge >= 0.3 is 0 Å². The molecule has 0 aliphatic rings. The van der Waals surface area contributed by atoms with Gasteiger partial charge in [-0.05, 0) is 23.3 Å². The molecule has 0 atom stereocenters. The van der Waals surface area contributed by atoms with E-state index in [0.717, 1.165) is 23.4 Å². The molecule has 3 aromatic rings. The summed E-state index contributed by atoms with van der Waals surface area (Å²) in [6.45, 7) is 0.734. The van der Waals surface area contributed by atoms with Crippen molar-refractivity contribution in [3.8, 4) is 11.1 Å². The highest BCUT2D eigenvalue weighted by atomic mass is 15.3. The molecular weight excluding hydrogens is 234 g/mol.